The van der Waals surface area contributed by atoms with Gasteiger partial charge < -0.3 is 15.2 Å². The van der Waals surface area contributed by atoms with Crippen LogP contribution in [0, 0.1) is 62.1 Å². The van der Waals surface area contributed by atoms with Crippen molar-refractivity contribution in [3.63, 3.8) is 0 Å². The fourth-order valence-corrected chi connectivity index (χ4v) is 13.2. The van der Waals surface area contributed by atoms with Crippen LogP contribution in [0.2, 0.25) is 0 Å². The summed E-state index contributed by atoms with van der Waals surface area (Å²) in [7, 11) is 0. The maximum absolute atomic E-state index is 14.4. The fourth-order valence-electron chi connectivity index (χ4n) is 13.2. The normalized spacial score (nSPS) is 40.9. The van der Waals surface area contributed by atoms with Crippen molar-refractivity contribution in [1.82, 2.24) is 10.3 Å². The summed E-state index contributed by atoms with van der Waals surface area (Å²) >= 11 is 0. The molecule has 5 unspecified atom stereocenters. The number of carbonyl (C=O) groups excluding carboxylic acids is 2. The Morgan fingerprint density at radius 1 is 0.939 bits per heavy atom. The Labute approximate surface area is 294 Å². The summed E-state index contributed by atoms with van der Waals surface area (Å²) in [6, 6.07) is 5.87. The molecule has 7 heteroatoms. The van der Waals surface area contributed by atoms with Gasteiger partial charge in [0, 0.05) is 11.6 Å². The zero-order valence-corrected chi connectivity index (χ0v) is 31.5. The van der Waals surface area contributed by atoms with Crippen LogP contribution in [0.15, 0.2) is 36.5 Å². The van der Waals surface area contributed by atoms with Gasteiger partial charge in [-0.25, -0.2) is 0 Å². The summed E-state index contributed by atoms with van der Waals surface area (Å²) in [4.78, 5) is 43.6. The van der Waals surface area contributed by atoms with Gasteiger partial charge in [-0.2, -0.15) is 0 Å². The quantitative estimate of drug-likeness (QED) is 0.211. The monoisotopic (exact) mass is 674 g/mol. The molecule has 1 amide bonds. The van der Waals surface area contributed by atoms with Crippen molar-refractivity contribution in [2.45, 2.75) is 139 Å². The number of rotatable bonds is 8. The molecule has 5 aliphatic rings. The van der Waals surface area contributed by atoms with Crippen LogP contribution in [0.4, 0.5) is 0 Å². The molecule has 5 saturated carbocycles. The van der Waals surface area contributed by atoms with E-state index in [4.69, 9.17) is 4.74 Å². The maximum Gasteiger partial charge on any atom is 0.309 e. The number of fused-ring (bicyclic) bond motifs is 7. The number of aliphatic carboxylic acids is 1. The molecule has 10 atom stereocenters. The van der Waals surface area contributed by atoms with Crippen LogP contribution in [-0.4, -0.2) is 34.0 Å². The molecule has 49 heavy (non-hydrogen) atoms. The molecule has 0 spiro atoms. The number of nitrogens with zero attached hydrogens (tertiary/aromatic N) is 1. The molecule has 0 saturated heterocycles. The molecule has 5 fully saturated rings. The predicted octanol–water partition coefficient (Wildman–Crippen LogP) is 8.77. The topological polar surface area (TPSA) is 106 Å². The van der Waals surface area contributed by atoms with E-state index in [1.165, 1.54) is 12.0 Å². The van der Waals surface area contributed by atoms with E-state index >= 15 is 0 Å². The van der Waals surface area contributed by atoms with Gasteiger partial charge in [0.1, 0.15) is 6.10 Å². The van der Waals surface area contributed by atoms with Gasteiger partial charge in [0.15, 0.2) is 0 Å². The summed E-state index contributed by atoms with van der Waals surface area (Å²) in [6.45, 7) is 22.7. The smallest absolute Gasteiger partial charge is 0.309 e. The molecular weight excluding hydrogens is 612 g/mol. The highest BCUT2D eigenvalue weighted by atomic mass is 16.5. The highest BCUT2D eigenvalue weighted by Crippen LogP contribution is 2.77. The second-order valence-corrected chi connectivity index (χ2v) is 19.0. The minimum atomic E-state index is -1.15. The number of hydrogen-bond acceptors (Lipinski definition) is 5. The van der Waals surface area contributed by atoms with Gasteiger partial charge in [0.05, 0.1) is 29.5 Å². The molecule has 0 aliphatic heterocycles. The summed E-state index contributed by atoms with van der Waals surface area (Å²) in [5, 5.41) is 12.9. The standard InChI is InChI=1S/C42H62N2O5/c1-26(2)28-15-20-42(35(46)44-25-27-12-10-11-23-43-27)22-21-40(8)29(34(28)42)13-14-31-39(7)18-17-32(49-33(45)24-37(3,4)36(47)48)38(5,6)30(39)16-19-41(31,40)9/h10-12,23,28-32,34H,1,13-22,24-25H2,2-9H3,(H,44,46)(H,47,48)/t28-,29?,30?,31?,32?,34?,39-,40+,41+,42-/m0/s1. The third-order valence-electron chi connectivity index (χ3n) is 16.1. The van der Waals surface area contributed by atoms with Gasteiger partial charge in [-0.3, -0.25) is 19.4 Å². The lowest BCUT2D eigenvalue weighted by molar-refractivity contribution is -0.249. The highest BCUT2D eigenvalue weighted by molar-refractivity contribution is 5.84. The first kappa shape index (κ1) is 36.1. The third kappa shape index (κ3) is 5.50. The number of aromatic nitrogens is 1. The molecule has 7 nitrogen and oxygen atoms in total. The average molecular weight is 675 g/mol. The number of carboxylic acids is 1. The molecule has 0 bridgehead atoms. The highest BCUT2D eigenvalue weighted by Gasteiger charge is 2.72. The number of amides is 1. The first-order valence-corrected chi connectivity index (χ1v) is 19.1. The van der Waals surface area contributed by atoms with Gasteiger partial charge in [0.25, 0.3) is 0 Å². The second-order valence-electron chi connectivity index (χ2n) is 19.0. The van der Waals surface area contributed by atoms with E-state index < -0.39 is 17.4 Å². The third-order valence-corrected chi connectivity index (χ3v) is 16.1. The molecule has 1 aromatic heterocycles. The van der Waals surface area contributed by atoms with Crippen molar-refractivity contribution in [1.29, 1.82) is 0 Å². The van der Waals surface area contributed by atoms with Crippen LogP contribution in [0.5, 0.6) is 0 Å². The molecule has 0 radical (unpaired) electrons. The van der Waals surface area contributed by atoms with E-state index in [2.05, 4.69) is 58.4 Å². The van der Waals surface area contributed by atoms with Crippen molar-refractivity contribution in [3.05, 3.63) is 42.2 Å². The van der Waals surface area contributed by atoms with Crippen molar-refractivity contribution in [2.24, 2.45) is 62.1 Å². The summed E-state index contributed by atoms with van der Waals surface area (Å²) in [5.74, 6) is 0.941. The van der Waals surface area contributed by atoms with Crippen LogP contribution in [-0.2, 0) is 25.7 Å². The Kier molecular flexibility index (Phi) is 9.00. The number of carbonyl (C=O) groups is 3. The minimum absolute atomic E-state index is 0.117. The van der Waals surface area contributed by atoms with Crippen molar-refractivity contribution in [3.8, 4) is 0 Å². The van der Waals surface area contributed by atoms with E-state index in [1.807, 2.05) is 18.2 Å². The average Bonchev–Trinajstić information content (AvgIpc) is 3.43. The van der Waals surface area contributed by atoms with E-state index in [-0.39, 0.29) is 45.5 Å². The first-order valence-electron chi connectivity index (χ1n) is 19.1. The first-order chi connectivity index (χ1) is 22.8. The second kappa shape index (κ2) is 12.2. The SMILES string of the molecule is C=C(C)[C@@H]1CC[C@]2(C(=O)NCc3ccccn3)CC[C@]3(C)C(CCC4[C@@]5(C)CCC(OC(=O)CC(C)(C)C(=O)O)C(C)(C)C5CC[C@]43C)C12. The number of carboxylic acid groups (broad SMARTS) is 1. The molecule has 1 heterocycles. The van der Waals surface area contributed by atoms with Crippen molar-refractivity contribution in [2.75, 3.05) is 0 Å². The lowest BCUT2D eigenvalue weighted by atomic mass is 9.32. The van der Waals surface area contributed by atoms with Gasteiger partial charge in [-0.15, -0.1) is 0 Å². The van der Waals surface area contributed by atoms with Crippen molar-refractivity contribution < 1.29 is 24.2 Å². The Bertz CT molecular complexity index is 1490. The van der Waals surface area contributed by atoms with Crippen LogP contribution >= 0.6 is 0 Å². The Morgan fingerprint density at radius 3 is 2.33 bits per heavy atom. The minimum Gasteiger partial charge on any atom is -0.481 e. The fraction of sp³-hybridized carbons (Fsp3) is 0.762. The number of pyridine rings is 1. The zero-order chi connectivity index (χ0) is 35.8. The molecule has 6 rings (SSSR count). The van der Waals surface area contributed by atoms with E-state index in [1.54, 1.807) is 20.0 Å². The van der Waals surface area contributed by atoms with Crippen LogP contribution in [0.3, 0.4) is 0 Å². The molecule has 5 aliphatic carbocycles. The largest absolute Gasteiger partial charge is 0.481 e. The number of ether oxygens (including phenoxy) is 1. The predicted molar refractivity (Wildman–Crippen MR) is 191 cm³/mol. The van der Waals surface area contributed by atoms with Gasteiger partial charge in [0.2, 0.25) is 5.91 Å². The van der Waals surface area contributed by atoms with Crippen LogP contribution in [0.25, 0.3) is 0 Å². The summed E-state index contributed by atoms with van der Waals surface area (Å²) < 4.78 is 6.16. The van der Waals surface area contributed by atoms with E-state index in [9.17, 15) is 19.5 Å². The van der Waals surface area contributed by atoms with Gasteiger partial charge in [-0.05, 0) is 143 Å². The Hall–Kier alpha value is -2.70. The number of hydrogen-bond donors (Lipinski definition) is 2. The maximum atomic E-state index is 14.4. The van der Waals surface area contributed by atoms with Crippen LogP contribution in [0.1, 0.15) is 132 Å². The Balaban J connectivity index is 1.25. The number of nitrogens with one attached hydrogen (secondary N) is 1. The summed E-state index contributed by atoms with van der Waals surface area (Å²) in [5.41, 5.74) is 0.798. The zero-order valence-electron chi connectivity index (χ0n) is 31.5. The van der Waals surface area contributed by atoms with E-state index in [0.717, 1.165) is 63.5 Å². The molecule has 2 N–H and O–H groups in total. The number of allylic oxidation sites excluding steroid dienone is 1. The van der Waals surface area contributed by atoms with Crippen LogP contribution < -0.4 is 5.32 Å². The lowest BCUT2D eigenvalue weighted by Crippen LogP contribution is -2.67. The van der Waals surface area contributed by atoms with Crippen molar-refractivity contribution >= 4 is 17.8 Å². The Morgan fingerprint density at radius 2 is 1.67 bits per heavy atom. The van der Waals surface area contributed by atoms with Gasteiger partial charge >= 0.3 is 11.9 Å². The van der Waals surface area contributed by atoms with Gasteiger partial charge in [-0.1, -0.05) is 52.8 Å². The van der Waals surface area contributed by atoms with E-state index in [0.29, 0.717) is 36.1 Å². The molecular formula is C42H62N2O5. The number of esters is 1. The molecule has 270 valence electrons. The molecule has 1 aromatic rings. The molecule has 0 aromatic carbocycles. The summed E-state index contributed by atoms with van der Waals surface area (Å²) in [6.07, 6.45) is 11.8. The lowest BCUT2D eigenvalue weighted by Gasteiger charge is -2.72.